The Morgan fingerprint density at radius 2 is 1.93 bits per heavy atom. The van der Waals surface area contributed by atoms with Crippen LogP contribution in [0.15, 0.2) is 6.07 Å². The van der Waals surface area contributed by atoms with Gasteiger partial charge in [-0.15, -0.1) is 0 Å². The molecule has 1 aliphatic heterocycles. The molecule has 1 atom stereocenters. The molecule has 2 fully saturated rings. The maximum atomic E-state index is 13.6. The van der Waals surface area contributed by atoms with Gasteiger partial charge in [0, 0.05) is 24.7 Å². The Morgan fingerprint density at radius 1 is 1.24 bits per heavy atom. The molecule has 0 unspecified atom stereocenters. The molecular formula is C21H30N4O3S. The summed E-state index contributed by atoms with van der Waals surface area (Å²) < 4.78 is 26.2. The molecule has 3 heterocycles. The summed E-state index contributed by atoms with van der Waals surface area (Å²) in [6.07, 6.45) is 2.18. The van der Waals surface area contributed by atoms with Crippen molar-refractivity contribution in [2.45, 2.75) is 58.9 Å². The van der Waals surface area contributed by atoms with Crippen LogP contribution in [0.25, 0.3) is 11.0 Å². The Labute approximate surface area is 172 Å². The van der Waals surface area contributed by atoms with Gasteiger partial charge in [-0.2, -0.15) is 5.10 Å². The number of hydrogen-bond donors (Lipinski definition) is 0. The third-order valence-electron chi connectivity index (χ3n) is 5.72. The zero-order chi connectivity index (χ0) is 21.1. The fraction of sp³-hybridized carbons (Fsp3) is 0.667. The minimum Gasteiger partial charge on any atom is -0.337 e. The first-order chi connectivity index (χ1) is 13.5. The van der Waals surface area contributed by atoms with Crippen molar-refractivity contribution in [3.05, 3.63) is 23.0 Å². The van der Waals surface area contributed by atoms with Gasteiger partial charge < -0.3 is 4.90 Å². The van der Waals surface area contributed by atoms with Gasteiger partial charge >= 0.3 is 0 Å². The van der Waals surface area contributed by atoms with Crippen LogP contribution in [-0.4, -0.2) is 58.6 Å². The van der Waals surface area contributed by atoms with Crippen LogP contribution in [-0.2, 0) is 15.4 Å². The summed E-state index contributed by atoms with van der Waals surface area (Å²) in [6.45, 7) is 10.7. The van der Waals surface area contributed by atoms with E-state index < -0.39 is 9.84 Å². The number of fused-ring (bicyclic) bond motifs is 1. The van der Waals surface area contributed by atoms with Gasteiger partial charge in [-0.05, 0) is 52.5 Å². The lowest BCUT2D eigenvalue weighted by molar-refractivity contribution is 0.0753. The van der Waals surface area contributed by atoms with Crippen LogP contribution in [0.3, 0.4) is 0 Å². The van der Waals surface area contributed by atoms with Gasteiger partial charge in [0.25, 0.3) is 5.91 Å². The number of pyridine rings is 1. The third-order valence-corrected chi connectivity index (χ3v) is 7.61. The van der Waals surface area contributed by atoms with Crippen LogP contribution in [0.1, 0.15) is 68.2 Å². The zero-order valence-electron chi connectivity index (χ0n) is 17.9. The number of aryl methyl sites for hydroxylation is 1. The van der Waals surface area contributed by atoms with E-state index >= 15 is 0 Å². The van der Waals surface area contributed by atoms with Crippen molar-refractivity contribution in [3.63, 3.8) is 0 Å². The Bertz CT molecular complexity index is 1080. The lowest BCUT2D eigenvalue weighted by atomic mass is 10.0. The molecule has 0 radical (unpaired) electrons. The molecule has 1 aliphatic carbocycles. The summed E-state index contributed by atoms with van der Waals surface area (Å²) in [5, 5.41) is 5.50. The highest BCUT2D eigenvalue weighted by molar-refractivity contribution is 7.91. The van der Waals surface area contributed by atoms with Crippen LogP contribution in [0, 0.1) is 12.8 Å². The van der Waals surface area contributed by atoms with E-state index in [1.807, 2.05) is 24.6 Å². The first kappa shape index (κ1) is 20.3. The van der Waals surface area contributed by atoms with Crippen LogP contribution in [0.2, 0.25) is 0 Å². The Morgan fingerprint density at radius 3 is 2.55 bits per heavy atom. The van der Waals surface area contributed by atoms with Gasteiger partial charge in [0.1, 0.15) is 0 Å². The molecule has 2 aromatic heterocycles. The number of nitrogens with zero attached hydrogens (tertiary/aromatic N) is 4. The molecule has 158 valence electrons. The molecule has 0 spiro atoms. The van der Waals surface area contributed by atoms with Crippen LogP contribution in [0.4, 0.5) is 0 Å². The van der Waals surface area contributed by atoms with E-state index in [0.29, 0.717) is 18.0 Å². The van der Waals surface area contributed by atoms with Crippen LogP contribution in [0.5, 0.6) is 0 Å². The van der Waals surface area contributed by atoms with Crippen molar-refractivity contribution < 1.29 is 13.2 Å². The minimum absolute atomic E-state index is 0.0209. The average Bonchev–Trinajstić information content (AvgIpc) is 3.40. The average molecular weight is 419 g/mol. The molecule has 1 saturated heterocycles. The van der Waals surface area contributed by atoms with E-state index in [1.165, 1.54) is 0 Å². The second kappa shape index (κ2) is 6.79. The van der Waals surface area contributed by atoms with Crippen molar-refractivity contribution in [1.82, 2.24) is 19.7 Å². The standard InChI is InChI=1S/C21H30N4O3S/c1-13-11-24(8-9-29(27,28)12-13)20(26)16-10-17(15-6-7-15)22-19-18(16)14(2)23-25(19)21(3,4)5/h10,13,15H,6-9,11-12H2,1-5H3/t13-/m1/s1. The summed E-state index contributed by atoms with van der Waals surface area (Å²) in [4.78, 5) is 20.2. The van der Waals surface area contributed by atoms with E-state index in [-0.39, 0.29) is 35.4 Å². The Balaban J connectivity index is 1.84. The van der Waals surface area contributed by atoms with Gasteiger partial charge in [-0.3, -0.25) is 4.79 Å². The lowest BCUT2D eigenvalue weighted by Crippen LogP contribution is -2.35. The number of sulfone groups is 1. The van der Waals surface area contributed by atoms with Crippen molar-refractivity contribution in [2.24, 2.45) is 5.92 Å². The summed E-state index contributed by atoms with van der Waals surface area (Å²) in [6, 6.07) is 1.92. The number of rotatable bonds is 2. The number of hydrogen-bond acceptors (Lipinski definition) is 5. The molecule has 8 heteroatoms. The number of carbonyl (C=O) groups is 1. The predicted octanol–water partition coefficient (Wildman–Crippen LogP) is 2.88. The molecule has 4 rings (SSSR count). The van der Waals surface area contributed by atoms with Crippen LogP contribution < -0.4 is 0 Å². The molecule has 29 heavy (non-hydrogen) atoms. The van der Waals surface area contributed by atoms with Crippen molar-refractivity contribution >= 4 is 26.8 Å². The highest BCUT2D eigenvalue weighted by atomic mass is 32.2. The van der Waals surface area contributed by atoms with Gasteiger partial charge in [0.05, 0.1) is 33.7 Å². The highest BCUT2D eigenvalue weighted by Gasteiger charge is 2.33. The summed E-state index contributed by atoms with van der Waals surface area (Å²) in [7, 11) is -3.12. The molecule has 0 bridgehead atoms. The van der Waals surface area contributed by atoms with Crippen LogP contribution >= 0.6 is 0 Å². The number of amides is 1. The monoisotopic (exact) mass is 418 g/mol. The molecule has 2 aliphatic rings. The lowest BCUT2D eigenvalue weighted by Gasteiger charge is -2.23. The molecule has 0 N–H and O–H groups in total. The fourth-order valence-corrected chi connectivity index (χ4v) is 5.81. The third kappa shape index (κ3) is 3.91. The van der Waals surface area contributed by atoms with Crippen molar-refractivity contribution in [1.29, 1.82) is 0 Å². The van der Waals surface area contributed by atoms with E-state index in [2.05, 4.69) is 20.8 Å². The first-order valence-electron chi connectivity index (χ1n) is 10.4. The smallest absolute Gasteiger partial charge is 0.254 e. The topological polar surface area (TPSA) is 85.2 Å². The fourth-order valence-electron chi connectivity index (χ4n) is 4.17. The first-order valence-corrected chi connectivity index (χ1v) is 12.2. The van der Waals surface area contributed by atoms with Gasteiger partial charge in [-0.1, -0.05) is 6.92 Å². The SMILES string of the molecule is Cc1nn(C(C)(C)C)c2nc(C3CC3)cc(C(=O)N3CCS(=O)(=O)C[C@H](C)C3)c12. The van der Waals surface area contributed by atoms with Crippen molar-refractivity contribution in [2.75, 3.05) is 24.6 Å². The second-order valence-corrected chi connectivity index (χ2v) is 11.9. The summed E-state index contributed by atoms with van der Waals surface area (Å²) >= 11 is 0. The minimum atomic E-state index is -3.12. The van der Waals surface area contributed by atoms with Gasteiger partial charge in [0.2, 0.25) is 0 Å². The Kier molecular flexibility index (Phi) is 4.76. The zero-order valence-corrected chi connectivity index (χ0v) is 18.7. The molecule has 2 aromatic rings. The number of aromatic nitrogens is 3. The normalized spacial score (nSPS) is 22.7. The molecule has 1 saturated carbocycles. The number of carbonyl (C=O) groups excluding carboxylic acids is 1. The Hall–Kier alpha value is -1.96. The maximum Gasteiger partial charge on any atom is 0.254 e. The highest BCUT2D eigenvalue weighted by Crippen LogP contribution is 2.41. The summed E-state index contributed by atoms with van der Waals surface area (Å²) in [5.74, 6) is 0.368. The van der Waals surface area contributed by atoms with Crippen molar-refractivity contribution in [3.8, 4) is 0 Å². The quantitative estimate of drug-likeness (QED) is 0.749. The van der Waals surface area contributed by atoms with Gasteiger partial charge in [-0.25, -0.2) is 18.1 Å². The van der Waals surface area contributed by atoms with E-state index in [4.69, 9.17) is 10.1 Å². The largest absolute Gasteiger partial charge is 0.337 e. The molecule has 7 nitrogen and oxygen atoms in total. The van der Waals surface area contributed by atoms with E-state index in [1.54, 1.807) is 4.90 Å². The summed E-state index contributed by atoms with van der Waals surface area (Å²) in [5.41, 5.74) is 2.83. The van der Waals surface area contributed by atoms with E-state index in [0.717, 1.165) is 35.3 Å². The van der Waals surface area contributed by atoms with Gasteiger partial charge in [0.15, 0.2) is 15.5 Å². The van der Waals surface area contributed by atoms with E-state index in [9.17, 15) is 13.2 Å². The molecule has 0 aromatic carbocycles. The predicted molar refractivity (Wildman–Crippen MR) is 113 cm³/mol. The molecule has 1 amide bonds. The second-order valence-electron chi connectivity index (χ2n) is 9.71. The molecular weight excluding hydrogens is 388 g/mol. The maximum absolute atomic E-state index is 13.6.